The van der Waals surface area contributed by atoms with Crippen LogP contribution in [0.3, 0.4) is 0 Å². The van der Waals surface area contributed by atoms with Crippen LogP contribution in [0.25, 0.3) is 0 Å². The number of hydrogen-bond donors (Lipinski definition) is 0. The largest absolute Gasteiger partial charge is 0.378 e. The molecule has 2 atom stereocenters. The van der Waals surface area contributed by atoms with E-state index in [1.54, 1.807) is 13.8 Å². The van der Waals surface area contributed by atoms with Crippen LogP contribution in [0.5, 0.6) is 0 Å². The molecule has 0 aliphatic heterocycles. The van der Waals surface area contributed by atoms with E-state index in [0.717, 1.165) is 0 Å². The molecule has 12 nitrogen and oxygen atoms in total. The van der Waals surface area contributed by atoms with Crippen LogP contribution in [0.2, 0.25) is 0 Å². The first-order valence-electron chi connectivity index (χ1n) is 9.42. The minimum atomic E-state index is -3.62. The van der Waals surface area contributed by atoms with Gasteiger partial charge in [0.15, 0.2) is 0 Å². The smallest absolute Gasteiger partial charge is 0.357 e. The number of rotatable bonds is 18. The molecule has 32 heavy (non-hydrogen) atoms. The maximum atomic E-state index is 11.5. The lowest BCUT2D eigenvalue weighted by Gasteiger charge is -2.13. The zero-order chi connectivity index (χ0) is 24.6. The normalized spacial score (nSPS) is 14.0. The van der Waals surface area contributed by atoms with Crippen LogP contribution in [0.4, 0.5) is 0 Å². The predicted molar refractivity (Wildman–Crippen MR) is 113 cm³/mol. The third-order valence-corrected chi connectivity index (χ3v) is 5.53. The summed E-state index contributed by atoms with van der Waals surface area (Å²) in [6, 6.07) is 0. The van der Waals surface area contributed by atoms with Gasteiger partial charge >= 0.3 is 11.9 Å². The molecule has 0 aromatic rings. The van der Waals surface area contributed by atoms with Gasteiger partial charge in [0.2, 0.25) is 18.1 Å². The second-order valence-corrected chi connectivity index (χ2v) is 12.2. The van der Waals surface area contributed by atoms with Crippen molar-refractivity contribution >= 4 is 51.4 Å². The van der Waals surface area contributed by atoms with Gasteiger partial charge in [0, 0.05) is 21.4 Å². The predicted octanol–water partition coefficient (Wildman–Crippen LogP) is 0.749. The lowest BCUT2D eigenvalue weighted by molar-refractivity contribution is -0.260. The van der Waals surface area contributed by atoms with Crippen LogP contribution in [-0.4, -0.2) is 92.1 Å². The molecule has 0 aliphatic rings. The van der Waals surface area contributed by atoms with Crippen molar-refractivity contribution < 1.29 is 55.1 Å². The Bertz CT molecular complexity index is 693. The molecular weight excluding hydrogens is 519 g/mol. The van der Waals surface area contributed by atoms with E-state index in [4.69, 9.17) is 40.3 Å². The molecule has 0 fully saturated rings. The summed E-state index contributed by atoms with van der Waals surface area (Å²) in [6.07, 6.45) is -1.19. The molecule has 0 aromatic heterocycles. The van der Waals surface area contributed by atoms with Gasteiger partial charge in [0.1, 0.15) is 0 Å². The van der Waals surface area contributed by atoms with Gasteiger partial charge in [0.05, 0.1) is 76.2 Å². The van der Waals surface area contributed by atoms with E-state index in [2.05, 4.69) is 9.78 Å². The maximum Gasteiger partial charge on any atom is 0.357 e. The van der Waals surface area contributed by atoms with Crippen LogP contribution >= 0.6 is 21.4 Å². The summed E-state index contributed by atoms with van der Waals surface area (Å²) in [5, 5.41) is 0. The highest BCUT2D eigenvalue weighted by Crippen LogP contribution is 2.01. The maximum absolute atomic E-state index is 11.5. The molecule has 0 rings (SSSR count). The Morgan fingerprint density at radius 2 is 1.03 bits per heavy atom. The average Bonchev–Trinajstić information content (AvgIpc) is 2.65. The van der Waals surface area contributed by atoms with E-state index in [-0.39, 0.29) is 64.0 Å². The van der Waals surface area contributed by atoms with Gasteiger partial charge in [0.25, 0.3) is 0 Å². The number of hydrogen-bond acceptors (Lipinski definition) is 12. The van der Waals surface area contributed by atoms with Crippen LogP contribution < -0.4 is 0 Å². The second-order valence-electron chi connectivity index (χ2n) is 6.41. The van der Waals surface area contributed by atoms with Gasteiger partial charge in [-0.25, -0.2) is 36.2 Å². The minimum Gasteiger partial charge on any atom is -0.378 e. The van der Waals surface area contributed by atoms with E-state index >= 15 is 0 Å². The molecule has 0 N–H and O–H groups in total. The average molecular weight is 547 g/mol. The zero-order valence-corrected chi connectivity index (χ0v) is 20.8. The van der Waals surface area contributed by atoms with Crippen molar-refractivity contribution in [2.24, 2.45) is 0 Å². The van der Waals surface area contributed by atoms with Gasteiger partial charge in [-0.3, -0.25) is 0 Å². The molecule has 16 heteroatoms. The molecule has 0 heterocycles. The second kappa shape index (κ2) is 16.8. The first-order chi connectivity index (χ1) is 14.8. The van der Waals surface area contributed by atoms with Crippen LogP contribution in [0, 0.1) is 0 Å². The van der Waals surface area contributed by atoms with Crippen molar-refractivity contribution in [1.82, 2.24) is 0 Å². The topological polar surface area (TPSA) is 158 Å². The van der Waals surface area contributed by atoms with Gasteiger partial charge in [-0.1, -0.05) is 0 Å². The molecule has 2 unspecified atom stereocenters. The van der Waals surface area contributed by atoms with Gasteiger partial charge in [-0.2, -0.15) is 0 Å². The molecule has 0 bridgehead atoms. The minimum absolute atomic E-state index is 0.0239. The SMILES string of the molecule is CC(COCCC(=O)OOC(=O)CCOCC(C)OCCS(=O)(=O)Cl)OCCS(=O)(=O)Cl. The Morgan fingerprint density at radius 1 is 0.688 bits per heavy atom. The van der Waals surface area contributed by atoms with Crippen molar-refractivity contribution in [2.75, 3.05) is 51.1 Å². The number of ether oxygens (including phenoxy) is 4. The molecule has 190 valence electrons. The standard InChI is InChI=1S/C16H28Cl2O12S2/c1-13(27-7-9-31(17,21)22)11-25-5-3-15(19)29-30-16(20)4-6-26-12-14(2)28-8-10-32(18,23)24/h13-14H,3-12H2,1-2H3. The Morgan fingerprint density at radius 3 is 1.34 bits per heavy atom. The Labute approximate surface area is 196 Å². The molecular formula is C16H28Cl2O12S2. The van der Waals surface area contributed by atoms with Crippen LogP contribution in [-0.2, 0) is 56.4 Å². The molecule has 0 radical (unpaired) electrons. The van der Waals surface area contributed by atoms with Gasteiger partial charge in [-0.15, -0.1) is 0 Å². The van der Waals surface area contributed by atoms with E-state index in [1.165, 1.54) is 0 Å². The van der Waals surface area contributed by atoms with Crippen molar-refractivity contribution in [3.8, 4) is 0 Å². The van der Waals surface area contributed by atoms with Gasteiger partial charge < -0.3 is 18.9 Å². The summed E-state index contributed by atoms with van der Waals surface area (Å²) >= 11 is 0. The summed E-state index contributed by atoms with van der Waals surface area (Å²) in [6.45, 7) is 3.31. The van der Waals surface area contributed by atoms with Crippen molar-refractivity contribution in [3.63, 3.8) is 0 Å². The molecule has 0 saturated heterocycles. The van der Waals surface area contributed by atoms with Crippen LogP contribution in [0.15, 0.2) is 0 Å². The van der Waals surface area contributed by atoms with E-state index in [9.17, 15) is 26.4 Å². The Balaban J connectivity index is 3.68. The van der Waals surface area contributed by atoms with Crippen molar-refractivity contribution in [1.29, 1.82) is 0 Å². The quantitative estimate of drug-likeness (QED) is 0.103. The first-order valence-corrected chi connectivity index (χ1v) is 14.4. The fourth-order valence-electron chi connectivity index (χ4n) is 1.78. The highest BCUT2D eigenvalue weighted by Gasteiger charge is 2.12. The van der Waals surface area contributed by atoms with E-state index in [1.807, 2.05) is 0 Å². The highest BCUT2D eigenvalue weighted by molar-refractivity contribution is 8.14. The van der Waals surface area contributed by atoms with E-state index in [0.29, 0.717) is 0 Å². The Hall–Kier alpha value is -0.740. The summed E-state index contributed by atoms with van der Waals surface area (Å²) in [4.78, 5) is 31.6. The number of halogens is 2. The van der Waals surface area contributed by atoms with Crippen molar-refractivity contribution in [3.05, 3.63) is 0 Å². The number of carbonyl (C=O) groups is 2. The zero-order valence-electron chi connectivity index (χ0n) is 17.7. The molecule has 0 amide bonds. The lowest BCUT2D eigenvalue weighted by atomic mass is 10.4. The van der Waals surface area contributed by atoms with Gasteiger partial charge in [-0.05, 0) is 13.8 Å². The summed E-state index contributed by atoms with van der Waals surface area (Å²) in [7, 11) is 2.85. The van der Waals surface area contributed by atoms with Crippen molar-refractivity contribution in [2.45, 2.75) is 38.9 Å². The van der Waals surface area contributed by atoms with Crippen LogP contribution in [0.1, 0.15) is 26.7 Å². The third-order valence-electron chi connectivity index (χ3n) is 3.29. The fraction of sp³-hybridized carbons (Fsp3) is 0.875. The monoisotopic (exact) mass is 546 g/mol. The molecule has 0 saturated carbocycles. The highest BCUT2D eigenvalue weighted by atomic mass is 35.7. The first kappa shape index (κ1) is 31.3. The summed E-state index contributed by atoms with van der Waals surface area (Å²) in [5.74, 6) is -2.29. The number of carbonyl (C=O) groups excluding carboxylic acids is 2. The molecule has 0 aromatic carbocycles. The third kappa shape index (κ3) is 22.5. The molecule has 0 spiro atoms. The summed E-state index contributed by atoms with van der Waals surface area (Å²) < 4.78 is 63.7. The lowest BCUT2D eigenvalue weighted by Crippen LogP contribution is -2.21. The molecule has 0 aliphatic carbocycles. The summed E-state index contributed by atoms with van der Waals surface area (Å²) in [5.41, 5.74) is 0. The fourth-order valence-corrected chi connectivity index (χ4v) is 2.75. The van der Waals surface area contributed by atoms with E-state index < -0.39 is 42.2 Å². The Kier molecular flexibility index (Phi) is 16.4.